The molecule has 2 rings (SSSR count). The van der Waals surface area contributed by atoms with Crippen molar-refractivity contribution in [1.82, 2.24) is 5.32 Å². The van der Waals surface area contributed by atoms with Crippen LogP contribution >= 0.6 is 11.3 Å². The highest BCUT2D eigenvalue weighted by atomic mass is 32.1. The normalized spacial score (nSPS) is 10.8. The Labute approximate surface area is 128 Å². The third kappa shape index (κ3) is 4.44. The molecule has 0 aliphatic carbocycles. The fourth-order valence-electron chi connectivity index (χ4n) is 1.80. The molecule has 5 heteroatoms. The van der Waals surface area contributed by atoms with Gasteiger partial charge in [0.15, 0.2) is 0 Å². The van der Waals surface area contributed by atoms with Crippen molar-refractivity contribution >= 4 is 23.3 Å². The minimum absolute atomic E-state index is 0.0739. The number of methoxy groups -OCH3 is 1. The minimum atomic E-state index is -0.0739. The van der Waals surface area contributed by atoms with Gasteiger partial charge in [-0.25, -0.2) is 0 Å². The van der Waals surface area contributed by atoms with Crippen molar-refractivity contribution in [3.05, 3.63) is 57.8 Å². The minimum Gasteiger partial charge on any atom is -0.497 e. The van der Waals surface area contributed by atoms with Gasteiger partial charge < -0.3 is 15.8 Å². The first-order chi connectivity index (χ1) is 10.2. The Bertz CT molecular complexity index is 635. The van der Waals surface area contributed by atoms with Crippen LogP contribution in [0, 0.1) is 0 Å². The standard InChI is InChI=1S/C16H18N2O2S/c1-20-13-5-2-4-12(10-13)11-18-16(19)15-8-7-14(21-15)6-3-9-17/h2-8,10H,9,11,17H2,1H3,(H,18,19)/b6-3+. The van der Waals surface area contributed by atoms with Gasteiger partial charge in [0.25, 0.3) is 5.91 Å². The first-order valence-electron chi connectivity index (χ1n) is 6.60. The zero-order chi connectivity index (χ0) is 15.1. The molecule has 1 aromatic heterocycles. The number of nitrogens with one attached hydrogen (secondary N) is 1. The van der Waals surface area contributed by atoms with E-state index in [1.807, 2.05) is 48.6 Å². The van der Waals surface area contributed by atoms with Crippen molar-refractivity contribution in [3.63, 3.8) is 0 Å². The van der Waals surface area contributed by atoms with Crippen LogP contribution in [0.5, 0.6) is 5.75 Å². The van der Waals surface area contributed by atoms with Gasteiger partial charge in [-0.05, 0) is 35.9 Å². The molecular formula is C16H18N2O2S. The van der Waals surface area contributed by atoms with Crippen molar-refractivity contribution in [3.8, 4) is 5.75 Å². The molecule has 3 N–H and O–H groups in total. The van der Waals surface area contributed by atoms with Crippen molar-refractivity contribution in [2.45, 2.75) is 6.54 Å². The first-order valence-corrected chi connectivity index (χ1v) is 7.42. The fourth-order valence-corrected chi connectivity index (χ4v) is 2.66. The maximum Gasteiger partial charge on any atom is 0.261 e. The molecule has 110 valence electrons. The second-order valence-electron chi connectivity index (χ2n) is 4.37. The molecule has 21 heavy (non-hydrogen) atoms. The molecule has 1 amide bonds. The van der Waals surface area contributed by atoms with Crippen LogP contribution in [0.25, 0.3) is 6.08 Å². The summed E-state index contributed by atoms with van der Waals surface area (Å²) in [7, 11) is 1.62. The zero-order valence-electron chi connectivity index (χ0n) is 11.8. The summed E-state index contributed by atoms with van der Waals surface area (Å²) in [6.07, 6.45) is 3.78. The van der Waals surface area contributed by atoms with E-state index in [2.05, 4.69) is 5.32 Å². The monoisotopic (exact) mass is 302 g/mol. The number of carbonyl (C=O) groups is 1. The lowest BCUT2D eigenvalue weighted by Crippen LogP contribution is -2.21. The molecule has 4 nitrogen and oxygen atoms in total. The molecule has 1 heterocycles. The molecule has 0 saturated carbocycles. The summed E-state index contributed by atoms with van der Waals surface area (Å²) in [5.41, 5.74) is 6.41. The molecule has 0 atom stereocenters. The lowest BCUT2D eigenvalue weighted by molar-refractivity contribution is 0.0955. The molecule has 0 aliphatic rings. The summed E-state index contributed by atoms with van der Waals surface area (Å²) in [5, 5.41) is 2.90. The van der Waals surface area contributed by atoms with Crippen molar-refractivity contribution in [2.75, 3.05) is 13.7 Å². The number of amides is 1. The average molecular weight is 302 g/mol. The molecule has 0 bridgehead atoms. The fraction of sp³-hybridized carbons (Fsp3) is 0.188. The Morgan fingerprint density at radius 1 is 1.38 bits per heavy atom. The van der Waals surface area contributed by atoms with Gasteiger partial charge in [0.2, 0.25) is 0 Å². The molecule has 0 saturated heterocycles. The van der Waals surface area contributed by atoms with E-state index >= 15 is 0 Å². The van der Waals surface area contributed by atoms with E-state index in [0.717, 1.165) is 16.2 Å². The van der Waals surface area contributed by atoms with Crippen LogP contribution in [-0.2, 0) is 6.54 Å². The van der Waals surface area contributed by atoms with E-state index in [4.69, 9.17) is 10.5 Å². The number of thiophene rings is 1. The highest BCUT2D eigenvalue weighted by Crippen LogP contribution is 2.18. The second kappa shape index (κ2) is 7.61. The van der Waals surface area contributed by atoms with Crippen molar-refractivity contribution in [2.24, 2.45) is 5.73 Å². The summed E-state index contributed by atoms with van der Waals surface area (Å²) in [4.78, 5) is 13.8. The maximum absolute atomic E-state index is 12.1. The average Bonchev–Trinajstić information content (AvgIpc) is 2.99. The van der Waals surface area contributed by atoms with Crippen molar-refractivity contribution < 1.29 is 9.53 Å². The van der Waals surface area contributed by atoms with Crippen LogP contribution < -0.4 is 15.8 Å². The van der Waals surface area contributed by atoms with Crippen LogP contribution in [0.4, 0.5) is 0 Å². The maximum atomic E-state index is 12.1. The third-order valence-electron chi connectivity index (χ3n) is 2.86. The molecule has 0 aliphatic heterocycles. The van der Waals surface area contributed by atoms with E-state index < -0.39 is 0 Å². The highest BCUT2D eigenvalue weighted by molar-refractivity contribution is 7.14. The third-order valence-corrected chi connectivity index (χ3v) is 3.91. The molecule has 0 radical (unpaired) electrons. The van der Waals surface area contributed by atoms with E-state index in [1.165, 1.54) is 11.3 Å². The first kappa shape index (κ1) is 15.3. The summed E-state index contributed by atoms with van der Waals surface area (Å²) in [5.74, 6) is 0.710. The van der Waals surface area contributed by atoms with Crippen LogP contribution in [-0.4, -0.2) is 19.6 Å². The Balaban J connectivity index is 1.94. The number of rotatable bonds is 6. The molecule has 2 aromatic rings. The summed E-state index contributed by atoms with van der Waals surface area (Å²) >= 11 is 1.44. The lowest BCUT2D eigenvalue weighted by Gasteiger charge is -2.05. The Morgan fingerprint density at radius 3 is 3.00 bits per heavy atom. The van der Waals surface area contributed by atoms with Gasteiger partial charge >= 0.3 is 0 Å². The second-order valence-corrected chi connectivity index (χ2v) is 5.49. The predicted molar refractivity (Wildman–Crippen MR) is 86.6 cm³/mol. The SMILES string of the molecule is COc1cccc(CNC(=O)c2ccc(/C=C/CN)s2)c1. The summed E-state index contributed by atoms with van der Waals surface area (Å²) in [6.45, 7) is 0.969. The molecule has 0 spiro atoms. The molecule has 0 fully saturated rings. The summed E-state index contributed by atoms with van der Waals surface area (Å²) in [6, 6.07) is 11.4. The number of carbonyl (C=O) groups excluding carboxylic acids is 1. The number of hydrogen-bond acceptors (Lipinski definition) is 4. The quantitative estimate of drug-likeness (QED) is 0.862. The highest BCUT2D eigenvalue weighted by Gasteiger charge is 2.08. The molecule has 0 unspecified atom stereocenters. The number of benzene rings is 1. The van der Waals surface area contributed by atoms with Gasteiger partial charge in [0.1, 0.15) is 5.75 Å². The van der Waals surface area contributed by atoms with Crippen LogP contribution in [0.3, 0.4) is 0 Å². The van der Waals surface area contributed by atoms with Crippen LogP contribution in [0.2, 0.25) is 0 Å². The topological polar surface area (TPSA) is 64.3 Å². The van der Waals surface area contributed by atoms with Gasteiger partial charge in [-0.2, -0.15) is 0 Å². The smallest absolute Gasteiger partial charge is 0.261 e. The van der Waals surface area contributed by atoms with E-state index in [1.54, 1.807) is 7.11 Å². The molecule has 1 aromatic carbocycles. The van der Waals surface area contributed by atoms with Gasteiger partial charge in [0, 0.05) is 18.0 Å². The number of nitrogens with two attached hydrogens (primary N) is 1. The van der Waals surface area contributed by atoms with Crippen molar-refractivity contribution in [1.29, 1.82) is 0 Å². The Hall–Kier alpha value is -2.11. The lowest BCUT2D eigenvalue weighted by atomic mass is 10.2. The van der Waals surface area contributed by atoms with Gasteiger partial charge in [-0.15, -0.1) is 11.3 Å². The Morgan fingerprint density at radius 2 is 2.24 bits per heavy atom. The van der Waals surface area contributed by atoms with E-state index in [-0.39, 0.29) is 5.91 Å². The van der Waals surface area contributed by atoms with E-state index in [0.29, 0.717) is 18.0 Å². The van der Waals surface area contributed by atoms with Gasteiger partial charge in [-0.1, -0.05) is 18.2 Å². The largest absolute Gasteiger partial charge is 0.497 e. The number of hydrogen-bond donors (Lipinski definition) is 2. The van der Waals surface area contributed by atoms with E-state index in [9.17, 15) is 4.79 Å². The van der Waals surface area contributed by atoms with Crippen LogP contribution in [0.15, 0.2) is 42.5 Å². The number of ether oxygens (including phenoxy) is 1. The van der Waals surface area contributed by atoms with Crippen LogP contribution in [0.1, 0.15) is 20.1 Å². The predicted octanol–water partition coefficient (Wildman–Crippen LogP) is 2.66. The van der Waals surface area contributed by atoms with Gasteiger partial charge in [-0.3, -0.25) is 4.79 Å². The Kier molecular flexibility index (Phi) is 5.54. The van der Waals surface area contributed by atoms with Gasteiger partial charge in [0.05, 0.1) is 12.0 Å². The zero-order valence-corrected chi connectivity index (χ0v) is 12.7. The summed E-state index contributed by atoms with van der Waals surface area (Å²) < 4.78 is 5.16. The molecular weight excluding hydrogens is 284 g/mol.